The molecule has 0 saturated carbocycles. The van der Waals surface area contributed by atoms with Gasteiger partial charge in [0.1, 0.15) is 0 Å². The highest BCUT2D eigenvalue weighted by atomic mass is 32.1. The lowest BCUT2D eigenvalue weighted by molar-refractivity contribution is 0.0597. The molecule has 1 heterocycles. The summed E-state index contributed by atoms with van der Waals surface area (Å²) in [4.78, 5) is 34.7. The Morgan fingerprint density at radius 3 is 2.35 bits per heavy atom. The van der Waals surface area contributed by atoms with Crippen molar-refractivity contribution in [2.45, 2.75) is 27.7 Å². The monoisotopic (exact) mass is 439 g/mol. The van der Waals surface area contributed by atoms with Gasteiger partial charge in [-0.15, -0.1) is 0 Å². The quantitative estimate of drug-likeness (QED) is 0.477. The number of anilines is 1. The number of fused-ring (bicyclic) bond motifs is 1. The number of benzene rings is 2. The van der Waals surface area contributed by atoms with Crippen LogP contribution in [-0.4, -0.2) is 55.0 Å². The van der Waals surface area contributed by atoms with Gasteiger partial charge in [0.05, 0.1) is 28.5 Å². The summed E-state index contributed by atoms with van der Waals surface area (Å²) in [5.74, 6) is -0.773. The molecule has 0 unspecified atom stereocenters. The molecular weight excluding hydrogens is 410 g/mol. The van der Waals surface area contributed by atoms with Gasteiger partial charge in [0.15, 0.2) is 5.13 Å². The van der Waals surface area contributed by atoms with Gasteiger partial charge in [-0.25, -0.2) is 9.78 Å². The van der Waals surface area contributed by atoms with Crippen LogP contribution >= 0.6 is 11.3 Å². The van der Waals surface area contributed by atoms with Crippen molar-refractivity contribution in [3.63, 3.8) is 0 Å². The van der Waals surface area contributed by atoms with Gasteiger partial charge in [-0.1, -0.05) is 43.4 Å². The smallest absolute Gasteiger partial charge is 0.338 e. The van der Waals surface area contributed by atoms with E-state index in [0.717, 1.165) is 34.4 Å². The van der Waals surface area contributed by atoms with Crippen molar-refractivity contribution in [1.29, 1.82) is 0 Å². The zero-order valence-corrected chi connectivity index (χ0v) is 19.6. The Morgan fingerprint density at radius 1 is 1.03 bits per heavy atom. The van der Waals surface area contributed by atoms with Crippen molar-refractivity contribution < 1.29 is 14.3 Å². The number of nitrogens with zero attached hydrogens (tertiary/aromatic N) is 3. The summed E-state index contributed by atoms with van der Waals surface area (Å²) < 4.78 is 5.96. The average Bonchev–Trinajstić information content (AvgIpc) is 3.20. The first-order chi connectivity index (χ1) is 14.9. The highest BCUT2D eigenvalue weighted by Gasteiger charge is 2.26. The summed E-state index contributed by atoms with van der Waals surface area (Å²) in [5, 5.41) is 0.639. The van der Waals surface area contributed by atoms with Gasteiger partial charge in [-0.05, 0) is 56.3 Å². The number of ether oxygens (including phenoxy) is 1. The number of rotatable bonds is 8. The molecule has 0 bridgehead atoms. The highest BCUT2D eigenvalue weighted by molar-refractivity contribution is 7.22. The fourth-order valence-corrected chi connectivity index (χ4v) is 4.69. The van der Waals surface area contributed by atoms with Crippen LogP contribution in [0.4, 0.5) is 5.13 Å². The Kier molecular flexibility index (Phi) is 7.41. The van der Waals surface area contributed by atoms with E-state index in [9.17, 15) is 9.59 Å². The first kappa shape index (κ1) is 22.9. The molecule has 164 valence electrons. The number of carbonyl (C=O) groups is 2. The maximum Gasteiger partial charge on any atom is 0.338 e. The third kappa shape index (κ3) is 4.94. The van der Waals surface area contributed by atoms with Gasteiger partial charge in [0, 0.05) is 13.1 Å². The SMILES string of the molecule is CCN(CC)CCN(C(=O)c1ccccc1C(=O)OC)c1nc2cc(C)cc(C)c2s1. The zero-order chi connectivity index (χ0) is 22.5. The second-order valence-corrected chi connectivity index (χ2v) is 8.42. The second kappa shape index (κ2) is 10.0. The van der Waals surface area contributed by atoms with E-state index in [2.05, 4.69) is 31.7 Å². The number of amides is 1. The van der Waals surface area contributed by atoms with Crippen molar-refractivity contribution in [2.24, 2.45) is 0 Å². The van der Waals surface area contributed by atoms with Crippen LogP contribution in [0.15, 0.2) is 36.4 Å². The first-order valence-electron chi connectivity index (χ1n) is 10.5. The number of hydrogen-bond acceptors (Lipinski definition) is 6. The Labute approximate surface area is 187 Å². The van der Waals surface area contributed by atoms with Gasteiger partial charge in [0.2, 0.25) is 0 Å². The summed E-state index contributed by atoms with van der Waals surface area (Å²) >= 11 is 1.51. The van der Waals surface area contributed by atoms with Crippen LogP contribution in [0.1, 0.15) is 45.7 Å². The fourth-order valence-electron chi connectivity index (χ4n) is 3.65. The van der Waals surface area contributed by atoms with E-state index in [1.165, 1.54) is 18.4 Å². The van der Waals surface area contributed by atoms with Crippen molar-refractivity contribution in [2.75, 3.05) is 38.2 Å². The molecule has 1 amide bonds. The largest absolute Gasteiger partial charge is 0.465 e. The fraction of sp³-hybridized carbons (Fsp3) is 0.375. The van der Waals surface area contributed by atoms with Gasteiger partial charge in [0.25, 0.3) is 5.91 Å². The summed E-state index contributed by atoms with van der Waals surface area (Å²) in [6.45, 7) is 11.3. The van der Waals surface area contributed by atoms with Gasteiger partial charge >= 0.3 is 5.97 Å². The maximum atomic E-state index is 13.7. The number of thiazole rings is 1. The molecule has 0 aliphatic carbocycles. The lowest BCUT2D eigenvalue weighted by Gasteiger charge is -2.25. The highest BCUT2D eigenvalue weighted by Crippen LogP contribution is 2.33. The minimum atomic E-state index is -0.525. The van der Waals surface area contributed by atoms with E-state index in [0.29, 0.717) is 23.8 Å². The van der Waals surface area contributed by atoms with E-state index in [-0.39, 0.29) is 11.5 Å². The molecule has 7 heteroatoms. The van der Waals surface area contributed by atoms with Crippen molar-refractivity contribution in [3.8, 4) is 0 Å². The normalized spacial score (nSPS) is 11.2. The Morgan fingerprint density at radius 2 is 1.71 bits per heavy atom. The molecule has 1 aromatic heterocycles. The number of aromatic nitrogens is 1. The van der Waals surface area contributed by atoms with E-state index in [1.807, 2.05) is 13.0 Å². The molecule has 0 spiro atoms. The molecule has 0 aliphatic heterocycles. The minimum absolute atomic E-state index is 0.249. The molecule has 0 saturated heterocycles. The van der Waals surface area contributed by atoms with Crippen LogP contribution < -0.4 is 4.90 Å². The van der Waals surface area contributed by atoms with Crippen molar-refractivity contribution >= 4 is 38.6 Å². The predicted molar refractivity (Wildman–Crippen MR) is 126 cm³/mol. The molecule has 0 atom stereocenters. The van der Waals surface area contributed by atoms with Crippen LogP contribution in [-0.2, 0) is 4.74 Å². The van der Waals surface area contributed by atoms with E-state index in [4.69, 9.17) is 9.72 Å². The Hall–Kier alpha value is -2.77. The van der Waals surface area contributed by atoms with Crippen LogP contribution in [0.25, 0.3) is 10.2 Å². The predicted octanol–water partition coefficient (Wildman–Crippen LogP) is 4.69. The van der Waals surface area contributed by atoms with Crippen LogP contribution in [0, 0.1) is 13.8 Å². The number of carbonyl (C=O) groups excluding carboxylic acids is 2. The Bertz CT molecular complexity index is 1090. The van der Waals surface area contributed by atoms with E-state index < -0.39 is 5.97 Å². The molecular formula is C24H29N3O3S. The average molecular weight is 440 g/mol. The molecule has 6 nitrogen and oxygen atoms in total. The lowest BCUT2D eigenvalue weighted by Crippen LogP contribution is -2.39. The van der Waals surface area contributed by atoms with Gasteiger partial charge in [-0.3, -0.25) is 9.69 Å². The molecule has 3 aromatic rings. The standard InChI is InChI=1S/C24H29N3O3S/c1-6-26(7-2)12-13-27(22(28)18-10-8-9-11-19(18)23(29)30-5)24-25-20-15-16(3)14-17(4)21(20)31-24/h8-11,14-15H,6-7,12-13H2,1-5H3. The van der Waals surface area contributed by atoms with Crippen LogP contribution in [0.5, 0.6) is 0 Å². The third-order valence-electron chi connectivity index (χ3n) is 5.38. The molecule has 0 radical (unpaired) electrons. The molecule has 0 fully saturated rings. The van der Waals surface area contributed by atoms with Gasteiger partial charge < -0.3 is 9.64 Å². The zero-order valence-electron chi connectivity index (χ0n) is 18.8. The summed E-state index contributed by atoms with van der Waals surface area (Å²) in [6, 6.07) is 10.9. The van der Waals surface area contributed by atoms with E-state index >= 15 is 0 Å². The third-order valence-corrected chi connectivity index (χ3v) is 6.61. The molecule has 0 aliphatic rings. The van der Waals surface area contributed by atoms with Gasteiger partial charge in [-0.2, -0.15) is 0 Å². The van der Waals surface area contributed by atoms with Crippen molar-refractivity contribution in [1.82, 2.24) is 9.88 Å². The number of esters is 1. The molecule has 0 N–H and O–H groups in total. The first-order valence-corrected chi connectivity index (χ1v) is 11.3. The summed E-state index contributed by atoms with van der Waals surface area (Å²) in [5.41, 5.74) is 3.75. The minimum Gasteiger partial charge on any atom is -0.465 e. The number of hydrogen-bond donors (Lipinski definition) is 0. The topological polar surface area (TPSA) is 62.7 Å². The van der Waals surface area contributed by atoms with Crippen molar-refractivity contribution in [3.05, 3.63) is 58.7 Å². The van der Waals surface area contributed by atoms with Crippen LogP contribution in [0.2, 0.25) is 0 Å². The maximum absolute atomic E-state index is 13.7. The second-order valence-electron chi connectivity index (χ2n) is 7.45. The summed E-state index contributed by atoms with van der Waals surface area (Å²) in [6.07, 6.45) is 0. The molecule has 2 aromatic carbocycles. The Balaban J connectivity index is 2.06. The molecule has 31 heavy (non-hydrogen) atoms. The number of methoxy groups -OCH3 is 1. The summed E-state index contributed by atoms with van der Waals surface area (Å²) in [7, 11) is 1.32. The van der Waals surface area contributed by atoms with Crippen LogP contribution in [0.3, 0.4) is 0 Å². The lowest BCUT2D eigenvalue weighted by atomic mass is 10.1. The molecule has 3 rings (SSSR count). The number of likely N-dealkylation sites (N-methyl/N-ethyl adjacent to an activating group) is 1. The van der Waals surface area contributed by atoms with E-state index in [1.54, 1.807) is 29.2 Å². The number of aryl methyl sites for hydroxylation is 2.